The molecule has 23 heavy (non-hydrogen) atoms. The van der Waals surface area contributed by atoms with Crippen molar-refractivity contribution in [1.29, 1.82) is 0 Å². The Morgan fingerprint density at radius 3 is 2.91 bits per heavy atom. The number of ether oxygens (including phenoxy) is 1. The standard InChI is InChI=1S/C16H26N4O3/c1-2-14-17-4-6-19(14)11-15(21)20-5-3-16(22,13-20)12-18-7-9-23-10-8-18/h4,6,22H,2-3,5,7-13H2,1H3/t16-/m1/s1. The van der Waals surface area contributed by atoms with Gasteiger partial charge in [-0.25, -0.2) is 4.98 Å². The number of nitrogens with zero attached hydrogens (tertiary/aromatic N) is 4. The van der Waals surface area contributed by atoms with E-state index in [9.17, 15) is 9.90 Å². The maximum atomic E-state index is 12.5. The van der Waals surface area contributed by atoms with Gasteiger partial charge in [-0.05, 0) is 6.42 Å². The molecule has 2 saturated heterocycles. The highest BCUT2D eigenvalue weighted by atomic mass is 16.5. The van der Waals surface area contributed by atoms with Crippen molar-refractivity contribution < 1.29 is 14.6 Å². The Hall–Kier alpha value is -1.44. The van der Waals surface area contributed by atoms with Crippen LogP contribution >= 0.6 is 0 Å². The van der Waals surface area contributed by atoms with Crippen LogP contribution in [0.1, 0.15) is 19.2 Å². The SMILES string of the molecule is CCc1nccn1CC(=O)N1CC[C@@](O)(CN2CCOCC2)C1. The third kappa shape index (κ3) is 3.91. The monoisotopic (exact) mass is 322 g/mol. The Kier molecular flexibility index (Phi) is 4.99. The van der Waals surface area contributed by atoms with Gasteiger partial charge >= 0.3 is 0 Å². The van der Waals surface area contributed by atoms with Gasteiger partial charge in [0.05, 0.1) is 25.4 Å². The second-order valence-corrected chi connectivity index (χ2v) is 6.50. The molecule has 0 saturated carbocycles. The molecule has 0 aromatic carbocycles. The van der Waals surface area contributed by atoms with Gasteiger partial charge in [0.25, 0.3) is 0 Å². The van der Waals surface area contributed by atoms with Gasteiger partial charge in [-0.1, -0.05) is 6.92 Å². The van der Waals surface area contributed by atoms with Crippen molar-refractivity contribution in [2.24, 2.45) is 0 Å². The Morgan fingerprint density at radius 2 is 2.17 bits per heavy atom. The summed E-state index contributed by atoms with van der Waals surface area (Å²) in [5.74, 6) is 0.969. The molecule has 1 atom stereocenters. The van der Waals surface area contributed by atoms with E-state index in [1.807, 2.05) is 17.7 Å². The molecule has 0 unspecified atom stereocenters. The van der Waals surface area contributed by atoms with Crippen molar-refractivity contribution in [3.8, 4) is 0 Å². The maximum absolute atomic E-state index is 12.5. The van der Waals surface area contributed by atoms with Crippen LogP contribution in [0.2, 0.25) is 0 Å². The summed E-state index contributed by atoms with van der Waals surface area (Å²) < 4.78 is 7.23. The third-order valence-corrected chi connectivity index (χ3v) is 4.73. The fourth-order valence-electron chi connectivity index (χ4n) is 3.42. The van der Waals surface area contributed by atoms with Crippen molar-refractivity contribution in [1.82, 2.24) is 19.4 Å². The molecule has 0 spiro atoms. The fraction of sp³-hybridized carbons (Fsp3) is 0.750. The number of β-amino-alcohol motifs (C(OH)–C–C–N with tert-alkyl or cyclic N) is 1. The zero-order valence-corrected chi connectivity index (χ0v) is 13.8. The average Bonchev–Trinajstić information content (AvgIpc) is 3.15. The van der Waals surface area contributed by atoms with Crippen LogP contribution in [0.3, 0.4) is 0 Å². The smallest absolute Gasteiger partial charge is 0.242 e. The number of aromatic nitrogens is 2. The highest BCUT2D eigenvalue weighted by Crippen LogP contribution is 2.23. The highest BCUT2D eigenvalue weighted by molar-refractivity contribution is 5.76. The molecule has 128 valence electrons. The molecule has 2 aliphatic rings. The Bertz CT molecular complexity index is 541. The minimum atomic E-state index is -0.796. The number of hydrogen-bond donors (Lipinski definition) is 1. The number of amides is 1. The van der Waals surface area contributed by atoms with Gasteiger partial charge < -0.3 is 19.3 Å². The summed E-state index contributed by atoms with van der Waals surface area (Å²) in [4.78, 5) is 20.7. The number of rotatable bonds is 5. The number of aryl methyl sites for hydroxylation is 1. The van der Waals surface area contributed by atoms with Crippen LogP contribution in [0, 0.1) is 0 Å². The van der Waals surface area contributed by atoms with E-state index in [1.54, 1.807) is 11.1 Å². The molecule has 7 heteroatoms. The summed E-state index contributed by atoms with van der Waals surface area (Å²) in [5.41, 5.74) is -0.796. The van der Waals surface area contributed by atoms with E-state index in [1.165, 1.54) is 0 Å². The number of hydrogen-bond acceptors (Lipinski definition) is 5. The van der Waals surface area contributed by atoms with Gasteiger partial charge in [0, 0.05) is 45.0 Å². The number of aliphatic hydroxyl groups is 1. The van der Waals surface area contributed by atoms with E-state index in [0.717, 1.165) is 38.5 Å². The van der Waals surface area contributed by atoms with Gasteiger partial charge in [0.15, 0.2) is 0 Å². The molecule has 3 heterocycles. The lowest BCUT2D eigenvalue weighted by Gasteiger charge is -2.33. The van der Waals surface area contributed by atoms with E-state index >= 15 is 0 Å². The Labute approximate surface area is 136 Å². The van der Waals surface area contributed by atoms with Gasteiger partial charge in [0.1, 0.15) is 12.4 Å². The second-order valence-electron chi connectivity index (χ2n) is 6.50. The van der Waals surface area contributed by atoms with Gasteiger partial charge in [-0.2, -0.15) is 0 Å². The maximum Gasteiger partial charge on any atom is 0.242 e. The van der Waals surface area contributed by atoms with Crippen molar-refractivity contribution in [2.75, 3.05) is 45.9 Å². The molecular formula is C16H26N4O3. The van der Waals surface area contributed by atoms with E-state index in [0.29, 0.717) is 32.6 Å². The molecule has 1 aromatic rings. The second kappa shape index (κ2) is 6.98. The Balaban J connectivity index is 1.54. The van der Waals surface area contributed by atoms with E-state index in [2.05, 4.69) is 9.88 Å². The van der Waals surface area contributed by atoms with Gasteiger partial charge in [-0.15, -0.1) is 0 Å². The van der Waals surface area contributed by atoms with Crippen LogP contribution in [0.4, 0.5) is 0 Å². The molecular weight excluding hydrogens is 296 g/mol. The molecule has 3 rings (SSSR count). The first-order valence-electron chi connectivity index (χ1n) is 8.40. The third-order valence-electron chi connectivity index (χ3n) is 4.73. The predicted molar refractivity (Wildman–Crippen MR) is 85.0 cm³/mol. The highest BCUT2D eigenvalue weighted by Gasteiger charge is 2.39. The molecule has 0 bridgehead atoms. The van der Waals surface area contributed by atoms with Crippen molar-refractivity contribution in [3.63, 3.8) is 0 Å². The first kappa shape index (κ1) is 16.4. The molecule has 2 fully saturated rings. The summed E-state index contributed by atoms with van der Waals surface area (Å²) in [7, 11) is 0. The normalized spacial score (nSPS) is 25.9. The number of carbonyl (C=O) groups is 1. The number of imidazole rings is 1. The van der Waals surface area contributed by atoms with Crippen LogP contribution in [0.25, 0.3) is 0 Å². The lowest BCUT2D eigenvalue weighted by Crippen LogP contribution is -2.49. The zero-order chi connectivity index (χ0) is 16.3. The van der Waals surface area contributed by atoms with Crippen LogP contribution in [0.15, 0.2) is 12.4 Å². The topological polar surface area (TPSA) is 70.8 Å². The Morgan fingerprint density at radius 1 is 1.39 bits per heavy atom. The number of likely N-dealkylation sites (tertiary alicyclic amines) is 1. The van der Waals surface area contributed by atoms with E-state index in [-0.39, 0.29) is 5.91 Å². The molecule has 1 aromatic heterocycles. The summed E-state index contributed by atoms with van der Waals surface area (Å²) in [6.07, 6.45) is 5.01. The molecule has 2 aliphatic heterocycles. The molecule has 1 amide bonds. The van der Waals surface area contributed by atoms with Gasteiger partial charge in [0.2, 0.25) is 5.91 Å². The number of morpholine rings is 1. The zero-order valence-electron chi connectivity index (χ0n) is 13.8. The predicted octanol–water partition coefficient (Wildman–Crippen LogP) is -0.259. The fourth-order valence-corrected chi connectivity index (χ4v) is 3.42. The summed E-state index contributed by atoms with van der Waals surface area (Å²) >= 11 is 0. The minimum Gasteiger partial charge on any atom is -0.387 e. The first-order valence-corrected chi connectivity index (χ1v) is 8.40. The van der Waals surface area contributed by atoms with Crippen LogP contribution in [-0.2, 0) is 22.5 Å². The van der Waals surface area contributed by atoms with Crippen molar-refractivity contribution >= 4 is 5.91 Å². The van der Waals surface area contributed by atoms with Crippen LogP contribution in [-0.4, -0.2) is 81.9 Å². The summed E-state index contributed by atoms with van der Waals surface area (Å²) in [6.45, 7) is 7.13. The van der Waals surface area contributed by atoms with Gasteiger partial charge in [-0.3, -0.25) is 9.69 Å². The van der Waals surface area contributed by atoms with E-state index < -0.39 is 5.60 Å². The minimum absolute atomic E-state index is 0.0515. The largest absolute Gasteiger partial charge is 0.387 e. The molecule has 7 nitrogen and oxygen atoms in total. The van der Waals surface area contributed by atoms with Crippen molar-refractivity contribution in [2.45, 2.75) is 31.9 Å². The summed E-state index contributed by atoms with van der Waals surface area (Å²) in [5, 5.41) is 10.8. The van der Waals surface area contributed by atoms with Crippen LogP contribution in [0.5, 0.6) is 0 Å². The lowest BCUT2D eigenvalue weighted by molar-refractivity contribution is -0.132. The average molecular weight is 322 g/mol. The van der Waals surface area contributed by atoms with E-state index in [4.69, 9.17) is 4.74 Å². The molecule has 1 N–H and O–H groups in total. The molecule has 0 aliphatic carbocycles. The van der Waals surface area contributed by atoms with Crippen LogP contribution < -0.4 is 0 Å². The lowest BCUT2D eigenvalue weighted by atomic mass is 10.0. The molecule has 0 radical (unpaired) electrons. The quantitative estimate of drug-likeness (QED) is 0.809. The number of carbonyl (C=O) groups excluding carboxylic acids is 1. The summed E-state index contributed by atoms with van der Waals surface area (Å²) in [6, 6.07) is 0. The van der Waals surface area contributed by atoms with Crippen molar-refractivity contribution in [3.05, 3.63) is 18.2 Å². The first-order chi connectivity index (χ1) is 11.1.